The van der Waals surface area contributed by atoms with E-state index in [1.807, 2.05) is 11.8 Å². The number of rotatable bonds is 1. The molecule has 0 unspecified atom stereocenters. The van der Waals surface area contributed by atoms with Gasteiger partial charge in [0.25, 0.3) is 0 Å². The largest absolute Gasteiger partial charge is 0.131 e. The lowest BCUT2D eigenvalue weighted by Gasteiger charge is -2.13. The summed E-state index contributed by atoms with van der Waals surface area (Å²) >= 11 is 1.94. The fourth-order valence-corrected chi connectivity index (χ4v) is 2.06. The molecule has 0 saturated heterocycles. The average molecular weight is 164 g/mol. The predicted molar refractivity (Wildman–Crippen MR) is 52.4 cm³/mol. The van der Waals surface area contributed by atoms with Crippen LogP contribution in [0.5, 0.6) is 0 Å². The van der Waals surface area contributed by atoms with Gasteiger partial charge in [0.15, 0.2) is 0 Å². The molecular formula is C10H12S. The van der Waals surface area contributed by atoms with E-state index in [4.69, 9.17) is 6.42 Å². The smallest absolute Gasteiger partial charge is 0.00201 e. The predicted octanol–water partition coefficient (Wildman–Crippen LogP) is 2.98. The minimum atomic E-state index is 1.19. The molecule has 0 amide bonds. The van der Waals surface area contributed by atoms with Crippen molar-refractivity contribution in [3.8, 4) is 12.3 Å². The zero-order chi connectivity index (χ0) is 8.10. The highest BCUT2D eigenvalue weighted by atomic mass is 32.2. The molecule has 0 radical (unpaired) electrons. The Kier molecular flexibility index (Phi) is 3.32. The van der Waals surface area contributed by atoms with Crippen LogP contribution in [0.4, 0.5) is 0 Å². The van der Waals surface area contributed by atoms with Gasteiger partial charge >= 0.3 is 0 Å². The van der Waals surface area contributed by atoms with Gasteiger partial charge in [-0.2, -0.15) is 0 Å². The van der Waals surface area contributed by atoms with Crippen molar-refractivity contribution in [3.63, 3.8) is 0 Å². The molecule has 0 aromatic rings. The monoisotopic (exact) mass is 164 g/mol. The molecule has 1 rings (SSSR count). The van der Waals surface area contributed by atoms with Crippen LogP contribution in [0.15, 0.2) is 22.6 Å². The van der Waals surface area contributed by atoms with Crippen molar-refractivity contribution < 1.29 is 0 Å². The highest BCUT2D eigenvalue weighted by Gasteiger charge is 2.05. The van der Waals surface area contributed by atoms with Crippen molar-refractivity contribution in [3.05, 3.63) is 22.6 Å². The van der Waals surface area contributed by atoms with Gasteiger partial charge in [-0.05, 0) is 48.1 Å². The molecule has 1 heterocycles. The summed E-state index contributed by atoms with van der Waals surface area (Å²) in [5.41, 5.74) is 1.42. The van der Waals surface area contributed by atoms with E-state index < -0.39 is 0 Å². The van der Waals surface area contributed by atoms with Gasteiger partial charge in [-0.3, -0.25) is 0 Å². The lowest BCUT2D eigenvalue weighted by molar-refractivity contribution is 0.921. The maximum atomic E-state index is 5.12. The first-order valence-electron chi connectivity index (χ1n) is 3.80. The number of hydrogen-bond acceptors (Lipinski definition) is 1. The van der Waals surface area contributed by atoms with Gasteiger partial charge < -0.3 is 0 Å². The number of hydrogen-bond donors (Lipinski definition) is 0. The van der Waals surface area contributed by atoms with Crippen LogP contribution in [0.25, 0.3) is 0 Å². The number of allylic oxidation sites excluding steroid dienone is 4. The molecule has 58 valence electrons. The van der Waals surface area contributed by atoms with Crippen molar-refractivity contribution in [2.75, 3.05) is 5.75 Å². The van der Waals surface area contributed by atoms with Crippen LogP contribution >= 0.6 is 11.8 Å². The van der Waals surface area contributed by atoms with Crippen LogP contribution in [0.3, 0.4) is 0 Å². The van der Waals surface area contributed by atoms with Gasteiger partial charge in [-0.25, -0.2) is 0 Å². The summed E-state index contributed by atoms with van der Waals surface area (Å²) in [4.78, 5) is 1.43. The van der Waals surface area contributed by atoms with Crippen LogP contribution in [0.1, 0.15) is 19.8 Å². The standard InChI is InChI=1S/C10H12S/c1-3-4-6-10-7-5-8-11-9(10)2/h1,4,6H,5,7-8H2,2H3/b6-4-. The fourth-order valence-electron chi connectivity index (χ4n) is 1.11. The van der Waals surface area contributed by atoms with E-state index in [1.165, 1.54) is 29.1 Å². The van der Waals surface area contributed by atoms with Crippen LogP contribution in [0, 0.1) is 12.3 Å². The van der Waals surface area contributed by atoms with E-state index in [-0.39, 0.29) is 0 Å². The van der Waals surface area contributed by atoms with E-state index in [9.17, 15) is 0 Å². The van der Waals surface area contributed by atoms with Crippen LogP contribution < -0.4 is 0 Å². The Labute approximate surface area is 72.8 Å². The molecule has 0 spiro atoms. The molecule has 0 atom stereocenters. The second-order valence-electron chi connectivity index (χ2n) is 2.53. The van der Waals surface area contributed by atoms with Crippen molar-refractivity contribution in [1.82, 2.24) is 0 Å². The Morgan fingerprint density at radius 3 is 3.09 bits per heavy atom. The maximum Gasteiger partial charge on any atom is -0.00201 e. The average Bonchev–Trinajstić information content (AvgIpc) is 2.03. The van der Waals surface area contributed by atoms with Gasteiger partial charge in [0, 0.05) is 0 Å². The molecule has 11 heavy (non-hydrogen) atoms. The van der Waals surface area contributed by atoms with E-state index in [0.717, 1.165) is 0 Å². The summed E-state index contributed by atoms with van der Waals surface area (Å²) < 4.78 is 0. The van der Waals surface area contributed by atoms with Crippen LogP contribution in [-0.2, 0) is 0 Å². The van der Waals surface area contributed by atoms with Crippen molar-refractivity contribution >= 4 is 11.8 Å². The molecule has 0 bridgehead atoms. The Hall–Kier alpha value is -0.610. The highest BCUT2D eigenvalue weighted by Crippen LogP contribution is 2.29. The third-order valence-electron chi connectivity index (χ3n) is 1.74. The fraction of sp³-hybridized carbons (Fsp3) is 0.400. The van der Waals surface area contributed by atoms with Gasteiger partial charge in [0.05, 0.1) is 0 Å². The molecule has 0 fully saturated rings. The van der Waals surface area contributed by atoms with Crippen molar-refractivity contribution in [1.29, 1.82) is 0 Å². The zero-order valence-electron chi connectivity index (χ0n) is 6.76. The molecule has 1 aliphatic rings. The number of thioether (sulfide) groups is 1. The Bertz CT molecular complexity index is 228. The molecule has 0 saturated carbocycles. The van der Waals surface area contributed by atoms with Gasteiger partial charge in [-0.15, -0.1) is 18.2 Å². The molecule has 0 aliphatic carbocycles. The minimum Gasteiger partial charge on any atom is -0.131 e. The van der Waals surface area contributed by atoms with E-state index in [1.54, 1.807) is 6.08 Å². The summed E-state index contributed by atoms with van der Waals surface area (Å²) in [6.45, 7) is 2.17. The summed E-state index contributed by atoms with van der Waals surface area (Å²) in [7, 11) is 0. The molecular weight excluding hydrogens is 152 g/mol. The Balaban J connectivity index is 2.68. The van der Waals surface area contributed by atoms with Gasteiger partial charge in [-0.1, -0.05) is 5.92 Å². The molecule has 1 aliphatic heterocycles. The Morgan fingerprint density at radius 2 is 2.45 bits per heavy atom. The summed E-state index contributed by atoms with van der Waals surface area (Å²) in [5, 5.41) is 0. The summed E-state index contributed by atoms with van der Waals surface area (Å²) in [6.07, 6.45) is 11.4. The Morgan fingerprint density at radius 1 is 1.64 bits per heavy atom. The quantitative estimate of drug-likeness (QED) is 0.537. The third-order valence-corrected chi connectivity index (χ3v) is 2.93. The molecule has 0 N–H and O–H groups in total. The van der Waals surface area contributed by atoms with Crippen LogP contribution in [-0.4, -0.2) is 5.75 Å². The first-order chi connectivity index (χ1) is 5.34. The third kappa shape index (κ3) is 2.48. The van der Waals surface area contributed by atoms with Gasteiger partial charge in [0.2, 0.25) is 0 Å². The first kappa shape index (κ1) is 8.49. The minimum absolute atomic E-state index is 1.19. The normalized spacial score (nSPS) is 18.9. The SMILES string of the molecule is C#C/C=C\C1=C(C)SCCC1. The van der Waals surface area contributed by atoms with Gasteiger partial charge in [0.1, 0.15) is 0 Å². The maximum absolute atomic E-state index is 5.12. The second kappa shape index (κ2) is 4.31. The van der Waals surface area contributed by atoms with Crippen molar-refractivity contribution in [2.24, 2.45) is 0 Å². The second-order valence-corrected chi connectivity index (χ2v) is 3.84. The summed E-state index contributed by atoms with van der Waals surface area (Å²) in [6, 6.07) is 0. The van der Waals surface area contributed by atoms with Crippen LogP contribution in [0.2, 0.25) is 0 Å². The number of terminal acetylenes is 1. The zero-order valence-corrected chi connectivity index (χ0v) is 7.58. The van der Waals surface area contributed by atoms with E-state index >= 15 is 0 Å². The topological polar surface area (TPSA) is 0 Å². The van der Waals surface area contributed by atoms with Crippen molar-refractivity contribution in [2.45, 2.75) is 19.8 Å². The van der Waals surface area contributed by atoms with E-state index in [2.05, 4.69) is 18.9 Å². The lowest BCUT2D eigenvalue weighted by atomic mass is 10.1. The molecule has 0 aromatic carbocycles. The molecule has 0 nitrogen and oxygen atoms in total. The first-order valence-corrected chi connectivity index (χ1v) is 4.78. The molecule has 0 aromatic heterocycles. The van der Waals surface area contributed by atoms with E-state index in [0.29, 0.717) is 0 Å². The lowest BCUT2D eigenvalue weighted by Crippen LogP contribution is -1.93. The molecule has 1 heteroatoms. The highest BCUT2D eigenvalue weighted by molar-refractivity contribution is 8.03. The summed E-state index contributed by atoms with van der Waals surface area (Å²) in [5.74, 6) is 3.77.